The Balaban J connectivity index is 0.00000204. The number of rotatable bonds is 9. The fourth-order valence-corrected chi connectivity index (χ4v) is 4.00. The summed E-state index contributed by atoms with van der Waals surface area (Å²) >= 11 is 1.20. The van der Waals surface area contributed by atoms with Crippen molar-refractivity contribution >= 4 is 74.6 Å². The number of anilines is 1. The van der Waals surface area contributed by atoms with Crippen LogP contribution in [0.2, 0.25) is 0 Å². The van der Waals surface area contributed by atoms with E-state index in [0.29, 0.717) is 22.1 Å². The van der Waals surface area contributed by atoms with Crippen LogP contribution >= 0.6 is 51.8 Å². The summed E-state index contributed by atoms with van der Waals surface area (Å²) in [6, 6.07) is 5.83. The van der Waals surface area contributed by atoms with E-state index in [1.165, 1.54) is 23.5 Å². The Morgan fingerprint density at radius 3 is 2.46 bits per heavy atom. The second kappa shape index (κ2) is 13.1. The fraction of sp³-hybridized carbons (Fsp3) is 0.286. The van der Waals surface area contributed by atoms with Gasteiger partial charge in [-0.15, -0.1) is 11.3 Å². The molecule has 1 amide bonds. The number of carboxylic acids is 1. The van der Waals surface area contributed by atoms with Crippen molar-refractivity contribution in [2.45, 2.75) is 25.0 Å². The lowest BCUT2D eigenvalue weighted by Gasteiger charge is -2.14. The molecule has 1 saturated heterocycles. The predicted octanol–water partition coefficient (Wildman–Crippen LogP) is 2.63. The number of aliphatic carboxylic acids is 1. The molecule has 0 radical (unpaired) electrons. The van der Waals surface area contributed by atoms with Crippen molar-refractivity contribution in [3.63, 3.8) is 0 Å². The third kappa shape index (κ3) is 7.80. The van der Waals surface area contributed by atoms with Gasteiger partial charge in [0.15, 0.2) is 23.1 Å². The number of imidazole rings is 1. The predicted molar refractivity (Wildman–Crippen MR) is 144 cm³/mol. The summed E-state index contributed by atoms with van der Waals surface area (Å²) in [5, 5.41) is 13.7. The monoisotopic (exact) mass is 560 g/mol. The van der Waals surface area contributed by atoms with Gasteiger partial charge in [0.25, 0.3) is 0 Å². The van der Waals surface area contributed by atoms with E-state index in [0.717, 1.165) is 0 Å². The Labute approximate surface area is 225 Å². The van der Waals surface area contributed by atoms with Gasteiger partial charge >= 0.3 is 5.97 Å². The number of carbonyl (C=O) groups excluding carboxylic acids is 2. The average Bonchev–Trinajstić information content (AvgIpc) is 3.28. The van der Waals surface area contributed by atoms with Gasteiger partial charge in [0.05, 0.1) is 23.6 Å². The van der Waals surface area contributed by atoms with Crippen molar-refractivity contribution in [2.24, 2.45) is 13.0 Å². The zero-order valence-electron chi connectivity index (χ0n) is 18.4. The summed E-state index contributed by atoms with van der Waals surface area (Å²) in [6.07, 6.45) is 1.15. The highest BCUT2D eigenvalue weighted by molar-refractivity contribution is 7.59. The van der Waals surface area contributed by atoms with Crippen molar-refractivity contribution in [2.75, 3.05) is 5.32 Å². The Morgan fingerprint density at radius 1 is 1.20 bits per heavy atom. The normalized spacial score (nSPS) is 16.6. The van der Waals surface area contributed by atoms with Gasteiger partial charge in [-0.3, -0.25) is 9.59 Å². The highest BCUT2D eigenvalue weighted by Crippen LogP contribution is 2.28. The van der Waals surface area contributed by atoms with Gasteiger partial charge in [0, 0.05) is 37.0 Å². The van der Waals surface area contributed by atoms with E-state index in [1.807, 2.05) is 0 Å². The van der Waals surface area contributed by atoms with E-state index in [4.69, 9.17) is 9.84 Å². The average molecular weight is 561 g/mol. The lowest BCUT2D eigenvalue weighted by Crippen LogP contribution is -2.29. The van der Waals surface area contributed by atoms with E-state index >= 15 is 0 Å². The third-order valence-corrected chi connectivity index (χ3v) is 5.72. The molecule has 9 nitrogen and oxygen atoms in total. The van der Waals surface area contributed by atoms with Crippen LogP contribution in [0.15, 0.2) is 42.2 Å². The number of hydrogen-bond donors (Lipinski definition) is 2. The molecule has 190 valence electrons. The van der Waals surface area contributed by atoms with Crippen LogP contribution in [0.5, 0.6) is 0 Å². The van der Waals surface area contributed by atoms with E-state index in [-0.39, 0.29) is 59.1 Å². The first-order chi connectivity index (χ1) is 15.3. The highest BCUT2D eigenvalue weighted by Gasteiger charge is 2.50. The number of ketones is 1. The van der Waals surface area contributed by atoms with Crippen LogP contribution in [0.25, 0.3) is 11.3 Å². The summed E-state index contributed by atoms with van der Waals surface area (Å²) in [6.45, 7) is 0. The molecule has 1 aliphatic heterocycles. The van der Waals surface area contributed by atoms with E-state index in [9.17, 15) is 18.8 Å². The van der Waals surface area contributed by atoms with Crippen LogP contribution in [-0.2, 0) is 32.6 Å². The summed E-state index contributed by atoms with van der Waals surface area (Å²) in [5.74, 6) is -3.22. The Morgan fingerprint density at radius 2 is 1.89 bits per heavy atom. The van der Waals surface area contributed by atoms with Crippen molar-refractivity contribution in [1.82, 2.24) is 14.5 Å². The van der Waals surface area contributed by atoms with Gasteiger partial charge in [-0.2, -0.15) is 40.5 Å². The van der Waals surface area contributed by atoms with Gasteiger partial charge in [0.1, 0.15) is 5.82 Å². The van der Waals surface area contributed by atoms with Crippen molar-refractivity contribution in [3.05, 3.63) is 53.7 Å². The van der Waals surface area contributed by atoms with Crippen molar-refractivity contribution in [1.29, 1.82) is 0 Å². The van der Waals surface area contributed by atoms with Crippen LogP contribution in [-0.4, -0.2) is 49.5 Å². The molecule has 14 heteroatoms. The Bertz CT molecular complexity index is 1170. The number of amides is 1. The zero-order valence-corrected chi connectivity index (χ0v) is 22.2. The highest BCUT2D eigenvalue weighted by atomic mass is 32.1. The number of nitrogens with one attached hydrogen (secondary N) is 1. The van der Waals surface area contributed by atoms with Crippen LogP contribution < -0.4 is 5.32 Å². The molecule has 0 bridgehead atoms. The second-order valence-corrected chi connectivity index (χ2v) is 8.31. The Hall–Kier alpha value is -2.39. The molecule has 2 aromatic heterocycles. The maximum Gasteiger partial charge on any atom is 0.336 e. The molecule has 1 aromatic carbocycles. The molecule has 2 N–H and O–H groups in total. The van der Waals surface area contributed by atoms with E-state index in [1.54, 1.807) is 41.7 Å². The zero-order chi connectivity index (χ0) is 22.8. The SMILES string of the molecule is Cn1cnc(C[C@H](CC(=O)[C@H]2O[C@@H]2C(=O)O)C(=O)Nc2nc(-c3ccc(F)cc3)cs2)c1.S.S.S. The maximum absolute atomic E-state index is 13.1. The minimum Gasteiger partial charge on any atom is -0.479 e. The minimum absolute atomic E-state index is 0. The van der Waals surface area contributed by atoms with Crippen LogP contribution in [0.1, 0.15) is 12.1 Å². The smallest absolute Gasteiger partial charge is 0.336 e. The second-order valence-electron chi connectivity index (χ2n) is 7.45. The molecular formula is C21H25FN4O5S4. The quantitative estimate of drug-likeness (QED) is 0.385. The number of thiazole rings is 1. The van der Waals surface area contributed by atoms with E-state index < -0.39 is 35.8 Å². The van der Waals surface area contributed by atoms with Gasteiger partial charge < -0.3 is 19.7 Å². The number of hydrogen-bond acceptors (Lipinski definition) is 7. The summed E-state index contributed by atoms with van der Waals surface area (Å²) < 4.78 is 19.8. The number of ether oxygens (including phenoxy) is 1. The van der Waals surface area contributed by atoms with Gasteiger partial charge in [-0.05, 0) is 24.3 Å². The molecule has 0 unspecified atom stereocenters. The largest absolute Gasteiger partial charge is 0.479 e. The fourth-order valence-electron chi connectivity index (χ4n) is 3.28. The Kier molecular flexibility index (Phi) is 11.4. The molecule has 3 heterocycles. The summed E-state index contributed by atoms with van der Waals surface area (Å²) in [7, 11) is 1.79. The topological polar surface area (TPSA) is 127 Å². The van der Waals surface area contributed by atoms with Crippen molar-refractivity contribution < 1.29 is 28.6 Å². The number of carbonyl (C=O) groups is 3. The molecule has 3 aromatic rings. The number of Topliss-reactive ketones (excluding diaryl/α,β-unsaturated/α-hetero) is 1. The first-order valence-corrected chi connectivity index (χ1v) is 10.6. The molecule has 1 fully saturated rings. The lowest BCUT2D eigenvalue weighted by atomic mass is 9.94. The minimum atomic E-state index is -1.20. The van der Waals surface area contributed by atoms with Crippen LogP contribution in [0.3, 0.4) is 0 Å². The van der Waals surface area contributed by atoms with Crippen LogP contribution in [0, 0.1) is 11.7 Å². The number of halogens is 1. The third-order valence-electron chi connectivity index (χ3n) is 4.96. The molecular weight excluding hydrogens is 536 g/mol. The van der Waals surface area contributed by atoms with Gasteiger partial charge in [-0.25, -0.2) is 19.2 Å². The summed E-state index contributed by atoms with van der Waals surface area (Å²) in [5.41, 5.74) is 1.91. The molecule has 0 aliphatic carbocycles. The van der Waals surface area contributed by atoms with Gasteiger partial charge in [0.2, 0.25) is 5.91 Å². The number of epoxide rings is 1. The van der Waals surface area contributed by atoms with Crippen molar-refractivity contribution in [3.8, 4) is 11.3 Å². The first-order valence-electron chi connectivity index (χ1n) is 9.70. The number of aromatic nitrogens is 3. The molecule has 0 saturated carbocycles. The number of benzene rings is 1. The lowest BCUT2D eigenvalue weighted by molar-refractivity contribution is -0.138. The maximum atomic E-state index is 13.1. The molecule has 1 aliphatic rings. The molecule has 0 spiro atoms. The standard InChI is InChI=1S/C21H19FN4O5S.3H2S/c1-26-8-14(23-10-26)6-12(7-16(27)17-18(31-17)20(29)30)19(28)25-21-24-15(9-32-21)11-2-4-13(22)5-3-11;;;/h2-5,8-10,12,17-18H,6-7H2,1H3,(H,29,30)(H,24,25,28);3*1H2/t12-,17-,18+;;;/m1.../s1. The summed E-state index contributed by atoms with van der Waals surface area (Å²) in [4.78, 5) is 45.0. The number of aryl methyl sites for hydroxylation is 1. The number of nitrogens with zero attached hydrogens (tertiary/aromatic N) is 3. The van der Waals surface area contributed by atoms with E-state index in [2.05, 4.69) is 15.3 Å². The van der Waals surface area contributed by atoms with Crippen LogP contribution in [0.4, 0.5) is 9.52 Å². The first kappa shape index (κ1) is 30.6. The molecule has 35 heavy (non-hydrogen) atoms. The molecule has 3 atom stereocenters. The molecule has 4 rings (SSSR count). The number of carboxylic acid groups (broad SMARTS) is 1. The van der Waals surface area contributed by atoms with Gasteiger partial charge in [-0.1, -0.05) is 0 Å².